The summed E-state index contributed by atoms with van der Waals surface area (Å²) in [6.45, 7) is 11.3. The van der Waals surface area contributed by atoms with Crippen LogP contribution in [0.4, 0.5) is 0 Å². The van der Waals surface area contributed by atoms with Gasteiger partial charge < -0.3 is 5.32 Å². The standard InChI is InChI=1S/C17H29NS/c1-7-16(12-19-6)18-13(2)14-8-10-15(11-9-14)17(3,4)5/h8-11,13,16,18H,7,12H2,1-6H3. The Morgan fingerprint density at radius 2 is 1.74 bits per heavy atom. The molecule has 1 nitrogen and oxygen atoms in total. The molecule has 0 aliphatic carbocycles. The van der Waals surface area contributed by atoms with Crippen molar-refractivity contribution in [2.75, 3.05) is 12.0 Å². The van der Waals surface area contributed by atoms with Gasteiger partial charge in [0.2, 0.25) is 0 Å². The summed E-state index contributed by atoms with van der Waals surface area (Å²) in [5, 5.41) is 3.72. The zero-order chi connectivity index (χ0) is 14.5. The Morgan fingerprint density at radius 1 is 1.16 bits per heavy atom. The Hall–Kier alpha value is -0.470. The third kappa shape index (κ3) is 5.19. The van der Waals surface area contributed by atoms with Crippen LogP contribution in [-0.2, 0) is 5.41 Å². The minimum absolute atomic E-state index is 0.236. The fourth-order valence-corrected chi connectivity index (χ4v) is 2.94. The molecule has 2 unspecified atom stereocenters. The molecule has 2 atom stereocenters. The van der Waals surface area contributed by atoms with Crippen LogP contribution in [0.25, 0.3) is 0 Å². The molecule has 0 bridgehead atoms. The van der Waals surface area contributed by atoms with Gasteiger partial charge in [-0.2, -0.15) is 11.8 Å². The Balaban J connectivity index is 2.69. The molecule has 1 aromatic carbocycles. The summed E-state index contributed by atoms with van der Waals surface area (Å²) in [7, 11) is 0. The lowest BCUT2D eigenvalue weighted by atomic mass is 9.86. The normalized spacial score (nSPS) is 15.3. The lowest BCUT2D eigenvalue weighted by molar-refractivity contribution is 0.474. The van der Waals surface area contributed by atoms with Crippen molar-refractivity contribution in [2.24, 2.45) is 0 Å². The lowest BCUT2D eigenvalue weighted by Gasteiger charge is -2.23. The van der Waals surface area contributed by atoms with Gasteiger partial charge in [0.05, 0.1) is 0 Å². The summed E-state index contributed by atoms with van der Waals surface area (Å²) in [6, 6.07) is 10.1. The molecule has 0 aromatic heterocycles. The van der Waals surface area contributed by atoms with Gasteiger partial charge in [-0.1, -0.05) is 52.0 Å². The van der Waals surface area contributed by atoms with Gasteiger partial charge in [-0.25, -0.2) is 0 Å². The minimum atomic E-state index is 0.236. The van der Waals surface area contributed by atoms with E-state index < -0.39 is 0 Å². The third-order valence-electron chi connectivity index (χ3n) is 3.62. The Bertz CT molecular complexity index is 364. The van der Waals surface area contributed by atoms with Gasteiger partial charge in [-0.3, -0.25) is 0 Å². The van der Waals surface area contributed by atoms with Crippen LogP contribution < -0.4 is 5.32 Å². The van der Waals surface area contributed by atoms with Crippen LogP contribution in [0.15, 0.2) is 24.3 Å². The summed E-state index contributed by atoms with van der Waals surface area (Å²) in [5.41, 5.74) is 3.02. The van der Waals surface area contributed by atoms with Crippen molar-refractivity contribution in [3.8, 4) is 0 Å². The van der Waals surface area contributed by atoms with E-state index in [-0.39, 0.29) is 5.41 Å². The number of hydrogen-bond donors (Lipinski definition) is 1. The zero-order valence-corrected chi connectivity index (χ0v) is 14.1. The zero-order valence-electron chi connectivity index (χ0n) is 13.3. The summed E-state index contributed by atoms with van der Waals surface area (Å²) in [6.07, 6.45) is 3.36. The molecule has 0 spiro atoms. The van der Waals surface area contributed by atoms with Crippen LogP contribution in [-0.4, -0.2) is 18.1 Å². The molecule has 0 aliphatic heterocycles. The van der Waals surface area contributed by atoms with Gasteiger partial charge in [0.25, 0.3) is 0 Å². The molecule has 0 amide bonds. The smallest absolute Gasteiger partial charge is 0.0294 e. The molecule has 0 saturated carbocycles. The molecule has 19 heavy (non-hydrogen) atoms. The van der Waals surface area contributed by atoms with Crippen LogP contribution >= 0.6 is 11.8 Å². The molecule has 1 rings (SSSR count). The van der Waals surface area contributed by atoms with Gasteiger partial charge >= 0.3 is 0 Å². The maximum Gasteiger partial charge on any atom is 0.0294 e. The first-order valence-corrected chi connectivity index (χ1v) is 8.63. The highest BCUT2D eigenvalue weighted by atomic mass is 32.2. The van der Waals surface area contributed by atoms with E-state index in [0.717, 1.165) is 0 Å². The van der Waals surface area contributed by atoms with E-state index in [0.29, 0.717) is 12.1 Å². The first kappa shape index (κ1) is 16.6. The van der Waals surface area contributed by atoms with Crippen molar-refractivity contribution >= 4 is 11.8 Å². The molecule has 0 aliphatic rings. The monoisotopic (exact) mass is 279 g/mol. The highest BCUT2D eigenvalue weighted by Crippen LogP contribution is 2.24. The minimum Gasteiger partial charge on any atom is -0.307 e. The van der Waals surface area contributed by atoms with Crippen molar-refractivity contribution < 1.29 is 0 Å². The SMILES string of the molecule is CCC(CSC)NC(C)c1ccc(C(C)(C)C)cc1. The van der Waals surface area contributed by atoms with E-state index in [9.17, 15) is 0 Å². The van der Waals surface area contributed by atoms with E-state index in [4.69, 9.17) is 0 Å². The third-order valence-corrected chi connectivity index (χ3v) is 4.36. The highest BCUT2D eigenvalue weighted by Gasteiger charge is 2.15. The summed E-state index contributed by atoms with van der Waals surface area (Å²) >= 11 is 1.91. The van der Waals surface area contributed by atoms with Crippen LogP contribution in [0.3, 0.4) is 0 Å². The van der Waals surface area contributed by atoms with E-state index in [1.165, 1.54) is 23.3 Å². The number of hydrogen-bond acceptors (Lipinski definition) is 2. The molecular formula is C17H29NS. The summed E-state index contributed by atoms with van der Waals surface area (Å²) < 4.78 is 0. The molecule has 0 fully saturated rings. The van der Waals surface area contributed by atoms with Crippen molar-refractivity contribution in [2.45, 2.75) is 58.5 Å². The first-order valence-electron chi connectivity index (χ1n) is 7.24. The van der Waals surface area contributed by atoms with Crippen LogP contribution in [0.1, 0.15) is 58.2 Å². The quantitative estimate of drug-likeness (QED) is 0.804. The lowest BCUT2D eigenvalue weighted by Crippen LogP contribution is -2.33. The van der Waals surface area contributed by atoms with Crippen LogP contribution in [0.5, 0.6) is 0 Å². The second-order valence-electron chi connectivity index (χ2n) is 6.32. The Morgan fingerprint density at radius 3 is 2.16 bits per heavy atom. The number of nitrogens with one attached hydrogen (secondary N) is 1. The Kier molecular flexibility index (Phi) is 6.41. The van der Waals surface area contributed by atoms with E-state index in [1.807, 2.05) is 11.8 Å². The fraction of sp³-hybridized carbons (Fsp3) is 0.647. The molecule has 0 radical (unpaired) electrons. The second-order valence-corrected chi connectivity index (χ2v) is 7.23. The van der Waals surface area contributed by atoms with E-state index in [2.05, 4.69) is 70.5 Å². The van der Waals surface area contributed by atoms with Crippen molar-refractivity contribution in [1.29, 1.82) is 0 Å². The van der Waals surface area contributed by atoms with Crippen molar-refractivity contribution in [3.05, 3.63) is 35.4 Å². The molecule has 1 N–H and O–H groups in total. The summed E-state index contributed by atoms with van der Waals surface area (Å²) in [4.78, 5) is 0. The maximum atomic E-state index is 3.72. The topological polar surface area (TPSA) is 12.0 Å². The average molecular weight is 279 g/mol. The number of rotatable bonds is 6. The second kappa shape index (κ2) is 7.35. The molecule has 108 valence electrons. The van der Waals surface area contributed by atoms with Crippen LogP contribution in [0.2, 0.25) is 0 Å². The predicted molar refractivity (Wildman–Crippen MR) is 89.2 cm³/mol. The van der Waals surface area contributed by atoms with Gasteiger partial charge in [0.15, 0.2) is 0 Å². The largest absolute Gasteiger partial charge is 0.307 e. The van der Waals surface area contributed by atoms with E-state index >= 15 is 0 Å². The average Bonchev–Trinajstić information content (AvgIpc) is 2.37. The Labute approximate surface area is 123 Å². The fourth-order valence-electron chi connectivity index (χ4n) is 2.21. The van der Waals surface area contributed by atoms with Gasteiger partial charge in [-0.15, -0.1) is 0 Å². The molecule has 1 aromatic rings. The maximum absolute atomic E-state index is 3.72. The molecular weight excluding hydrogens is 250 g/mol. The van der Waals surface area contributed by atoms with Crippen molar-refractivity contribution in [3.63, 3.8) is 0 Å². The predicted octanol–water partition coefficient (Wildman–Crippen LogP) is 4.78. The van der Waals surface area contributed by atoms with Gasteiger partial charge in [0.1, 0.15) is 0 Å². The summed E-state index contributed by atoms with van der Waals surface area (Å²) in [5.74, 6) is 1.18. The first-order chi connectivity index (χ1) is 8.88. The van der Waals surface area contributed by atoms with Gasteiger partial charge in [-0.05, 0) is 36.1 Å². The molecule has 0 heterocycles. The number of thioether (sulfide) groups is 1. The number of benzene rings is 1. The van der Waals surface area contributed by atoms with E-state index in [1.54, 1.807) is 0 Å². The molecule has 0 saturated heterocycles. The highest BCUT2D eigenvalue weighted by molar-refractivity contribution is 7.98. The van der Waals surface area contributed by atoms with Crippen LogP contribution in [0, 0.1) is 0 Å². The molecule has 2 heteroatoms. The van der Waals surface area contributed by atoms with Gasteiger partial charge in [0, 0.05) is 17.8 Å². The van der Waals surface area contributed by atoms with Crippen molar-refractivity contribution in [1.82, 2.24) is 5.32 Å².